The highest BCUT2D eigenvalue weighted by Gasteiger charge is 2.33. The number of aromatic amines is 1. The van der Waals surface area contributed by atoms with Gasteiger partial charge in [-0.15, -0.1) is 5.10 Å². The van der Waals surface area contributed by atoms with E-state index in [4.69, 9.17) is 0 Å². The zero-order valence-electron chi connectivity index (χ0n) is 21.2. The average Bonchev–Trinajstić information content (AvgIpc) is 3.12. The molecule has 9 heteroatoms. The lowest BCUT2D eigenvalue weighted by Gasteiger charge is -2.33. The highest BCUT2D eigenvalue weighted by Crippen LogP contribution is 2.34. The Morgan fingerprint density at radius 2 is 1.86 bits per heavy atom. The van der Waals surface area contributed by atoms with Crippen molar-refractivity contribution in [3.63, 3.8) is 0 Å². The summed E-state index contributed by atoms with van der Waals surface area (Å²) >= 11 is 0. The molecule has 3 fully saturated rings. The third kappa shape index (κ3) is 4.83. The first-order valence-electron chi connectivity index (χ1n) is 13.2. The van der Waals surface area contributed by atoms with Crippen molar-refractivity contribution in [2.75, 3.05) is 43.0 Å². The van der Waals surface area contributed by atoms with E-state index in [1.807, 2.05) is 30.3 Å². The number of nitrogens with zero attached hydrogens (tertiary/aromatic N) is 5. The number of nitrogens with one attached hydrogen (secondary N) is 2. The molecule has 1 unspecified atom stereocenters. The minimum absolute atomic E-state index is 0.0530. The number of hydrogen-bond donors (Lipinski definition) is 2. The van der Waals surface area contributed by atoms with Crippen molar-refractivity contribution in [3.05, 3.63) is 71.3 Å². The fourth-order valence-corrected chi connectivity index (χ4v) is 5.88. The Hall–Kier alpha value is -3.72. The van der Waals surface area contributed by atoms with Crippen LogP contribution in [0.2, 0.25) is 0 Å². The number of hydrogen-bond acceptors (Lipinski definition) is 6. The molecule has 0 radical (unpaired) electrons. The number of rotatable bonds is 5. The Kier molecular flexibility index (Phi) is 6.38. The average molecular weight is 500 g/mol. The van der Waals surface area contributed by atoms with Crippen LogP contribution >= 0.6 is 0 Å². The van der Waals surface area contributed by atoms with Crippen LogP contribution in [0, 0.1) is 0 Å². The van der Waals surface area contributed by atoms with Gasteiger partial charge in [-0.3, -0.25) is 14.7 Å². The summed E-state index contributed by atoms with van der Waals surface area (Å²) in [5, 5.41) is 9.82. The van der Waals surface area contributed by atoms with E-state index in [-0.39, 0.29) is 11.7 Å². The summed E-state index contributed by atoms with van der Waals surface area (Å²) in [6, 6.07) is 16.3. The smallest absolute Gasteiger partial charge is 0.291 e. The molecule has 5 heterocycles. The monoisotopic (exact) mass is 499 g/mol. The predicted molar refractivity (Wildman–Crippen MR) is 142 cm³/mol. The van der Waals surface area contributed by atoms with Gasteiger partial charge < -0.3 is 20.0 Å². The van der Waals surface area contributed by atoms with Crippen LogP contribution in [0.25, 0.3) is 0 Å². The summed E-state index contributed by atoms with van der Waals surface area (Å²) in [5.41, 5.74) is 4.32. The number of aryl methyl sites for hydroxylation is 1. The zero-order valence-corrected chi connectivity index (χ0v) is 21.2. The van der Waals surface area contributed by atoms with Crippen LogP contribution in [0.1, 0.15) is 46.8 Å². The van der Waals surface area contributed by atoms with Gasteiger partial charge in [0.15, 0.2) is 0 Å². The van der Waals surface area contributed by atoms with Gasteiger partial charge in [-0.25, -0.2) is 4.98 Å². The van der Waals surface area contributed by atoms with E-state index in [1.165, 1.54) is 31.6 Å². The molecule has 4 aliphatic rings. The molecule has 4 aliphatic heterocycles. The summed E-state index contributed by atoms with van der Waals surface area (Å²) < 4.78 is 0. The minimum Gasteiger partial charge on any atom is -0.367 e. The number of H-pyrrole nitrogens is 1. The summed E-state index contributed by atoms with van der Waals surface area (Å²) in [6.07, 6.45) is 4.17. The van der Waals surface area contributed by atoms with Crippen molar-refractivity contribution in [1.82, 2.24) is 25.4 Å². The van der Waals surface area contributed by atoms with Gasteiger partial charge in [0, 0.05) is 57.1 Å². The topological polar surface area (TPSA) is 97.5 Å². The highest BCUT2D eigenvalue weighted by molar-refractivity contribution is 6.02. The van der Waals surface area contributed by atoms with Crippen LogP contribution in [0.4, 0.5) is 11.4 Å². The normalized spacial score (nSPS) is 23.4. The van der Waals surface area contributed by atoms with E-state index in [2.05, 4.69) is 48.5 Å². The van der Waals surface area contributed by atoms with E-state index in [1.54, 1.807) is 11.9 Å². The summed E-state index contributed by atoms with van der Waals surface area (Å²) in [5.74, 6) is 0.105. The molecule has 2 amide bonds. The van der Waals surface area contributed by atoms with Gasteiger partial charge in [-0.1, -0.05) is 36.4 Å². The van der Waals surface area contributed by atoms with Crippen LogP contribution in [-0.2, 0) is 17.6 Å². The first-order valence-corrected chi connectivity index (χ1v) is 13.2. The van der Waals surface area contributed by atoms with Crippen LogP contribution in [0.15, 0.2) is 48.5 Å². The van der Waals surface area contributed by atoms with Gasteiger partial charge in [-0.2, -0.15) is 0 Å². The van der Waals surface area contributed by atoms with Crippen LogP contribution < -0.4 is 15.1 Å². The number of carbonyl (C=O) groups is 2. The van der Waals surface area contributed by atoms with E-state index in [9.17, 15) is 9.59 Å². The Morgan fingerprint density at radius 1 is 1.05 bits per heavy atom. The first-order chi connectivity index (χ1) is 18.0. The van der Waals surface area contributed by atoms with Gasteiger partial charge >= 0.3 is 0 Å². The largest absolute Gasteiger partial charge is 0.367 e. The molecule has 7 rings (SSSR count). The van der Waals surface area contributed by atoms with Crippen molar-refractivity contribution in [2.24, 2.45) is 0 Å². The molecule has 2 N–H and O–H groups in total. The number of fused-ring (bicyclic) bond motifs is 5. The molecule has 1 atom stereocenters. The number of piperidine rings is 1. The third-order valence-electron chi connectivity index (χ3n) is 8.00. The standard InChI is InChI=1S/C28H33N7O2/c1-33-24-18-22(35-16-15-34-13-11-21(35)12-14-34)9-7-20(24)8-10-23(28(33)37)29-27(36)26-30-25(31-32-26)17-19-5-3-2-4-6-19/h2-7,9,18,21,23H,8,10-17H2,1H3,(H,29,36)(H,30,31,32). The second-order valence-corrected chi connectivity index (χ2v) is 10.3. The second-order valence-electron chi connectivity index (χ2n) is 10.3. The number of aromatic nitrogens is 3. The number of benzene rings is 2. The fraction of sp³-hybridized carbons (Fsp3) is 0.429. The molecule has 192 valence electrons. The molecule has 37 heavy (non-hydrogen) atoms. The maximum atomic E-state index is 13.4. The fourth-order valence-electron chi connectivity index (χ4n) is 5.88. The van der Waals surface area contributed by atoms with Crippen molar-refractivity contribution >= 4 is 23.2 Å². The van der Waals surface area contributed by atoms with Crippen molar-refractivity contribution in [3.8, 4) is 0 Å². The van der Waals surface area contributed by atoms with Crippen molar-refractivity contribution in [2.45, 2.75) is 44.2 Å². The van der Waals surface area contributed by atoms with Gasteiger partial charge in [0.05, 0.1) is 0 Å². The third-order valence-corrected chi connectivity index (χ3v) is 8.00. The number of carbonyl (C=O) groups excluding carboxylic acids is 2. The van der Waals surface area contributed by atoms with E-state index < -0.39 is 11.9 Å². The van der Waals surface area contributed by atoms with E-state index >= 15 is 0 Å². The molecular weight excluding hydrogens is 466 g/mol. The predicted octanol–water partition coefficient (Wildman–Crippen LogP) is 2.39. The number of likely N-dealkylation sites (N-methyl/N-ethyl adjacent to an activating group) is 1. The van der Waals surface area contributed by atoms with Crippen LogP contribution in [0.3, 0.4) is 0 Å². The van der Waals surface area contributed by atoms with Crippen molar-refractivity contribution in [1.29, 1.82) is 0 Å². The Labute approximate surface area is 216 Å². The second kappa shape index (κ2) is 9.97. The summed E-state index contributed by atoms with van der Waals surface area (Å²) in [4.78, 5) is 37.5. The maximum Gasteiger partial charge on any atom is 0.291 e. The Bertz CT molecular complexity index is 1280. The molecule has 2 aromatic carbocycles. The van der Waals surface area contributed by atoms with Gasteiger partial charge in [0.25, 0.3) is 5.91 Å². The molecule has 0 spiro atoms. The van der Waals surface area contributed by atoms with Crippen molar-refractivity contribution < 1.29 is 9.59 Å². The number of anilines is 2. The van der Waals surface area contributed by atoms with Gasteiger partial charge in [0.1, 0.15) is 11.9 Å². The zero-order chi connectivity index (χ0) is 25.4. The lowest BCUT2D eigenvalue weighted by Crippen LogP contribution is -2.47. The minimum atomic E-state index is -0.633. The van der Waals surface area contributed by atoms with Crippen LogP contribution in [0.5, 0.6) is 0 Å². The molecule has 0 aliphatic carbocycles. The molecule has 3 aromatic rings. The molecule has 0 saturated carbocycles. The van der Waals surface area contributed by atoms with E-state index in [0.29, 0.717) is 31.1 Å². The van der Waals surface area contributed by atoms with Crippen LogP contribution in [-0.4, -0.2) is 77.2 Å². The number of amides is 2. The molecule has 9 nitrogen and oxygen atoms in total. The summed E-state index contributed by atoms with van der Waals surface area (Å²) in [7, 11) is 1.81. The van der Waals surface area contributed by atoms with Gasteiger partial charge in [0.2, 0.25) is 11.7 Å². The lowest BCUT2D eigenvalue weighted by atomic mass is 10.0. The highest BCUT2D eigenvalue weighted by atomic mass is 16.2. The molecule has 1 aromatic heterocycles. The quantitative estimate of drug-likeness (QED) is 0.560. The van der Waals surface area contributed by atoms with E-state index in [0.717, 1.165) is 29.9 Å². The Morgan fingerprint density at radius 3 is 2.68 bits per heavy atom. The SMILES string of the molecule is CN1C(=O)C(NC(=O)c2n[nH]c(Cc3ccccc3)n2)CCc2ccc(N3CCN4CCC3CC4)cc21. The molecular formula is C28H33N7O2. The Balaban J connectivity index is 1.15. The molecule has 2 bridgehead atoms. The molecule has 3 saturated heterocycles. The maximum absolute atomic E-state index is 13.4. The first kappa shape index (κ1) is 23.7. The van der Waals surface area contributed by atoms with Gasteiger partial charge in [-0.05, 0) is 48.9 Å². The lowest BCUT2D eigenvalue weighted by molar-refractivity contribution is -0.120. The summed E-state index contributed by atoms with van der Waals surface area (Å²) in [6.45, 7) is 4.45.